The number of benzene rings is 2. The van der Waals surface area contributed by atoms with E-state index >= 15 is 0 Å². The molecule has 0 atom stereocenters. The first-order valence-corrected chi connectivity index (χ1v) is 8.36. The van der Waals surface area contributed by atoms with E-state index in [1.54, 1.807) is 36.4 Å². The molecule has 6 heteroatoms. The van der Waals surface area contributed by atoms with E-state index in [2.05, 4.69) is 0 Å². The molecule has 2 amide bonds. The molecule has 3 rings (SSSR count). The predicted molar refractivity (Wildman–Crippen MR) is 94.1 cm³/mol. The number of carbonyl (C=O) groups is 3. The van der Waals surface area contributed by atoms with E-state index in [9.17, 15) is 14.4 Å². The lowest BCUT2D eigenvalue weighted by molar-refractivity contribution is -0.146. The highest BCUT2D eigenvalue weighted by atomic mass is 16.6. The summed E-state index contributed by atoms with van der Waals surface area (Å²) in [6.07, 6.45) is 0.377. The zero-order chi connectivity index (χ0) is 18.5. The van der Waals surface area contributed by atoms with Crippen LogP contribution in [0.4, 0.5) is 0 Å². The molecule has 1 heterocycles. The van der Waals surface area contributed by atoms with Gasteiger partial charge in [-0.3, -0.25) is 14.5 Å². The van der Waals surface area contributed by atoms with Gasteiger partial charge in [-0.05, 0) is 37.6 Å². The van der Waals surface area contributed by atoms with Crippen molar-refractivity contribution in [2.75, 3.05) is 19.8 Å². The van der Waals surface area contributed by atoms with E-state index in [4.69, 9.17) is 9.47 Å². The van der Waals surface area contributed by atoms with Gasteiger partial charge in [0.2, 0.25) is 0 Å². The third-order valence-electron chi connectivity index (χ3n) is 4.04. The summed E-state index contributed by atoms with van der Waals surface area (Å²) in [5.74, 6) is -0.509. The van der Waals surface area contributed by atoms with Crippen LogP contribution in [0, 0.1) is 6.92 Å². The summed E-state index contributed by atoms with van der Waals surface area (Å²) in [5.41, 5.74) is 1.94. The lowest BCUT2D eigenvalue weighted by Crippen LogP contribution is -2.31. The number of ether oxygens (including phenoxy) is 2. The minimum atomic E-state index is -0.493. The van der Waals surface area contributed by atoms with Gasteiger partial charge >= 0.3 is 5.97 Å². The largest absolute Gasteiger partial charge is 0.482 e. The minimum Gasteiger partial charge on any atom is -0.482 e. The van der Waals surface area contributed by atoms with Crippen molar-refractivity contribution in [3.05, 3.63) is 65.2 Å². The lowest BCUT2D eigenvalue weighted by Gasteiger charge is -2.13. The van der Waals surface area contributed by atoms with Crippen LogP contribution in [0.3, 0.4) is 0 Å². The summed E-state index contributed by atoms with van der Waals surface area (Å²) in [7, 11) is 0. The van der Waals surface area contributed by atoms with Crippen LogP contribution in [-0.4, -0.2) is 42.4 Å². The van der Waals surface area contributed by atoms with Crippen molar-refractivity contribution in [2.24, 2.45) is 0 Å². The Hall–Kier alpha value is -3.15. The standard InChI is InChI=1S/C20H19NO5/c1-14-7-9-15(10-8-14)26-13-18(22)25-12-4-11-21-19(23)16-5-2-3-6-17(16)20(21)24/h2-3,5-10H,4,11-13H2,1H3. The van der Waals surface area contributed by atoms with E-state index in [0.717, 1.165) is 5.56 Å². The number of imide groups is 1. The quantitative estimate of drug-likeness (QED) is 0.435. The molecule has 2 aromatic rings. The van der Waals surface area contributed by atoms with Gasteiger partial charge in [0.25, 0.3) is 11.8 Å². The van der Waals surface area contributed by atoms with Crippen molar-refractivity contribution in [1.82, 2.24) is 4.90 Å². The van der Waals surface area contributed by atoms with E-state index in [-0.39, 0.29) is 31.6 Å². The Kier molecular flexibility index (Phi) is 5.31. The number of rotatable bonds is 7. The summed E-state index contributed by atoms with van der Waals surface area (Å²) in [4.78, 5) is 37.3. The van der Waals surface area contributed by atoms with Gasteiger partial charge in [0, 0.05) is 6.54 Å². The maximum atomic E-state index is 12.2. The topological polar surface area (TPSA) is 72.9 Å². The fourth-order valence-electron chi connectivity index (χ4n) is 2.67. The average Bonchev–Trinajstić information content (AvgIpc) is 2.89. The monoisotopic (exact) mass is 353 g/mol. The Bertz CT molecular complexity index is 793. The van der Waals surface area contributed by atoms with E-state index < -0.39 is 5.97 Å². The van der Waals surface area contributed by atoms with Crippen LogP contribution < -0.4 is 4.74 Å². The molecule has 0 fully saturated rings. The SMILES string of the molecule is Cc1ccc(OCC(=O)OCCCN2C(=O)c3ccccc3C2=O)cc1. The van der Waals surface area contributed by atoms with Crippen LogP contribution in [-0.2, 0) is 9.53 Å². The maximum Gasteiger partial charge on any atom is 0.344 e. The molecule has 0 spiro atoms. The Balaban J connectivity index is 1.39. The fraction of sp³-hybridized carbons (Fsp3) is 0.250. The van der Waals surface area contributed by atoms with Gasteiger partial charge < -0.3 is 9.47 Å². The second-order valence-corrected chi connectivity index (χ2v) is 5.98. The van der Waals surface area contributed by atoms with E-state index in [0.29, 0.717) is 23.3 Å². The van der Waals surface area contributed by atoms with Crippen molar-refractivity contribution in [3.8, 4) is 5.75 Å². The summed E-state index contributed by atoms with van der Waals surface area (Å²) < 4.78 is 10.4. The third kappa shape index (κ3) is 3.91. The van der Waals surface area contributed by atoms with Crippen molar-refractivity contribution >= 4 is 17.8 Å². The molecular weight excluding hydrogens is 334 g/mol. The fourth-order valence-corrected chi connectivity index (χ4v) is 2.67. The number of aryl methyl sites for hydroxylation is 1. The predicted octanol–water partition coefficient (Wildman–Crippen LogP) is 2.60. The molecule has 6 nitrogen and oxygen atoms in total. The van der Waals surface area contributed by atoms with Crippen LogP contribution in [0.2, 0.25) is 0 Å². The second-order valence-electron chi connectivity index (χ2n) is 5.98. The first-order chi connectivity index (χ1) is 12.6. The second kappa shape index (κ2) is 7.82. The minimum absolute atomic E-state index is 0.115. The first-order valence-electron chi connectivity index (χ1n) is 8.36. The highest BCUT2D eigenvalue weighted by molar-refractivity contribution is 6.21. The number of amides is 2. The van der Waals surface area contributed by atoms with Gasteiger partial charge in [0.1, 0.15) is 5.75 Å². The number of esters is 1. The number of hydrogen-bond acceptors (Lipinski definition) is 5. The molecule has 0 aromatic heterocycles. The average molecular weight is 353 g/mol. The first kappa shape index (κ1) is 17.7. The highest BCUT2D eigenvalue weighted by Crippen LogP contribution is 2.22. The zero-order valence-electron chi connectivity index (χ0n) is 14.4. The van der Waals surface area contributed by atoms with Crippen LogP contribution in [0.15, 0.2) is 48.5 Å². The highest BCUT2D eigenvalue weighted by Gasteiger charge is 2.34. The van der Waals surface area contributed by atoms with Gasteiger partial charge in [-0.15, -0.1) is 0 Å². The molecule has 0 N–H and O–H groups in total. The molecule has 0 saturated carbocycles. The maximum absolute atomic E-state index is 12.2. The molecule has 134 valence electrons. The van der Waals surface area contributed by atoms with Gasteiger partial charge in [-0.2, -0.15) is 0 Å². The summed E-state index contributed by atoms with van der Waals surface area (Å²) in [5, 5.41) is 0. The molecule has 0 bridgehead atoms. The number of fused-ring (bicyclic) bond motifs is 1. The van der Waals surface area contributed by atoms with Gasteiger partial charge in [-0.25, -0.2) is 4.79 Å². The van der Waals surface area contributed by atoms with Crippen LogP contribution in [0.25, 0.3) is 0 Å². The molecular formula is C20H19NO5. The smallest absolute Gasteiger partial charge is 0.344 e. The molecule has 0 saturated heterocycles. The van der Waals surface area contributed by atoms with Crippen LogP contribution in [0.5, 0.6) is 5.75 Å². The van der Waals surface area contributed by atoms with Crippen molar-refractivity contribution in [1.29, 1.82) is 0 Å². The Morgan fingerprint density at radius 2 is 1.58 bits per heavy atom. The van der Waals surface area contributed by atoms with Gasteiger partial charge in [-0.1, -0.05) is 29.8 Å². The molecule has 2 aromatic carbocycles. The van der Waals surface area contributed by atoms with Gasteiger partial charge in [0.15, 0.2) is 6.61 Å². The molecule has 0 radical (unpaired) electrons. The van der Waals surface area contributed by atoms with Crippen LogP contribution in [0.1, 0.15) is 32.7 Å². The number of nitrogens with zero attached hydrogens (tertiary/aromatic N) is 1. The van der Waals surface area contributed by atoms with E-state index in [1.807, 2.05) is 19.1 Å². The summed E-state index contributed by atoms with van der Waals surface area (Å²) in [6.45, 7) is 2.10. The Morgan fingerprint density at radius 3 is 2.19 bits per heavy atom. The summed E-state index contributed by atoms with van der Waals surface area (Å²) >= 11 is 0. The molecule has 26 heavy (non-hydrogen) atoms. The number of carbonyl (C=O) groups excluding carboxylic acids is 3. The third-order valence-corrected chi connectivity index (χ3v) is 4.04. The summed E-state index contributed by atoms with van der Waals surface area (Å²) in [6, 6.07) is 14.1. The Morgan fingerprint density at radius 1 is 0.962 bits per heavy atom. The number of hydrogen-bond donors (Lipinski definition) is 0. The van der Waals surface area contributed by atoms with Gasteiger partial charge in [0.05, 0.1) is 17.7 Å². The zero-order valence-corrected chi connectivity index (χ0v) is 14.4. The normalized spacial score (nSPS) is 12.9. The van der Waals surface area contributed by atoms with Crippen molar-refractivity contribution in [3.63, 3.8) is 0 Å². The lowest BCUT2D eigenvalue weighted by atomic mass is 10.1. The van der Waals surface area contributed by atoms with Crippen molar-refractivity contribution < 1.29 is 23.9 Å². The van der Waals surface area contributed by atoms with Crippen LogP contribution >= 0.6 is 0 Å². The molecule has 0 unspecified atom stereocenters. The molecule has 1 aliphatic rings. The Labute approximate surface area is 151 Å². The molecule has 1 aliphatic heterocycles. The van der Waals surface area contributed by atoms with E-state index in [1.165, 1.54) is 4.90 Å². The molecule has 0 aliphatic carbocycles. The van der Waals surface area contributed by atoms with Crippen molar-refractivity contribution in [2.45, 2.75) is 13.3 Å².